The molecule has 1 rings (SSSR count). The van der Waals surface area contributed by atoms with E-state index in [1.807, 2.05) is 0 Å². The second-order valence-corrected chi connectivity index (χ2v) is 40.5. The van der Waals surface area contributed by atoms with Gasteiger partial charge in [-0.1, -0.05) is 303 Å². The molecule has 19 heteroatoms. The quantitative estimate of drug-likeness (QED) is 0.230. The van der Waals surface area contributed by atoms with Crippen molar-refractivity contribution in [3.63, 3.8) is 0 Å². The molecule has 173 valence electrons. The van der Waals surface area contributed by atoms with Crippen molar-refractivity contribution in [1.29, 1.82) is 0 Å². The van der Waals surface area contributed by atoms with Crippen LogP contribution in [-0.2, 0) is 0 Å². The summed E-state index contributed by atoms with van der Waals surface area (Å²) in [5, 5.41) is 0. The number of hydrogen-bond acceptors (Lipinski definition) is 0. The topological polar surface area (TPSA) is 0 Å². The number of rotatable bonds is 1. The summed E-state index contributed by atoms with van der Waals surface area (Å²) in [6, 6.07) is 0. The van der Waals surface area contributed by atoms with Crippen molar-refractivity contribution in [2.75, 3.05) is 0 Å². The molecule has 0 heterocycles. The smallest absolute Gasteiger partial charge is 0.0794 e. The van der Waals surface area contributed by atoms with Gasteiger partial charge in [0.25, 0.3) is 0 Å². The van der Waals surface area contributed by atoms with Gasteiger partial charge < -0.3 is 0 Å². The fourth-order valence-corrected chi connectivity index (χ4v) is 27.4. The molecule has 0 saturated heterocycles. The van der Waals surface area contributed by atoms with Crippen LogP contribution in [0.1, 0.15) is 0 Å². The number of halogens is 19. The molecule has 0 N–H and O–H groups in total. The van der Waals surface area contributed by atoms with E-state index in [0.29, 0.717) is 0 Å². The van der Waals surface area contributed by atoms with Crippen molar-refractivity contribution in [3.8, 4) is 0 Å². The summed E-state index contributed by atoms with van der Waals surface area (Å²) < 4.78 is -8.41. The zero-order valence-electron chi connectivity index (χ0n) is 12.2. The molecule has 2 atom stereocenters. The van der Waals surface area contributed by atoms with Crippen LogP contribution in [0.3, 0.4) is 0 Å². The zero-order chi connectivity index (χ0) is 24.1. The van der Waals surface area contributed by atoms with Crippen molar-refractivity contribution in [3.05, 3.63) is 4.83 Å². The first-order chi connectivity index (χ1) is 12.2. The van der Waals surface area contributed by atoms with Gasteiger partial charge in [0.15, 0.2) is 6.43 Å². The van der Waals surface area contributed by atoms with Crippen molar-refractivity contribution < 1.29 is 0 Å². The highest BCUT2D eigenvalue weighted by molar-refractivity contribution is 9.42. The van der Waals surface area contributed by atoms with E-state index in [1.54, 1.807) is 0 Å². The molecule has 1 radical (unpaired) electrons. The first-order valence-corrected chi connectivity index (χ1v) is 21.2. The van der Waals surface area contributed by atoms with Crippen LogP contribution in [0.15, 0.2) is 0 Å². The lowest BCUT2D eigenvalue weighted by Gasteiger charge is -2.70. The number of alkyl halides is 18. The van der Waals surface area contributed by atoms with Crippen molar-refractivity contribution in [1.82, 2.24) is 0 Å². The molecule has 1 aliphatic carbocycles. The summed E-state index contributed by atoms with van der Waals surface area (Å²) in [5.74, 6) is 0. The monoisotopic (exact) mass is 1620 g/mol. The zero-order valence-corrected chi connectivity index (χ0v) is 42.3. The fraction of sp³-hybridized carbons (Fsp3) is 0.900. The first kappa shape index (κ1) is 36.1. The minimum absolute atomic E-state index is 0.739. The Morgan fingerprint density at radius 3 is 1.07 bits per heavy atom. The molecule has 0 nitrogen and oxygen atoms in total. The van der Waals surface area contributed by atoms with E-state index < -0.39 is 29.1 Å². The molecule has 1 saturated carbocycles. The Labute approximate surface area is 329 Å². The molecule has 29 heavy (non-hydrogen) atoms. The van der Waals surface area contributed by atoms with Gasteiger partial charge in [-0.3, -0.25) is 0 Å². The molecule has 0 aromatic rings. The Hall–Kier alpha value is 9.12. The molecule has 0 amide bonds. The van der Waals surface area contributed by atoms with Gasteiger partial charge in [0.05, 0.1) is 9.15 Å². The predicted molar refractivity (Wildman–Crippen MR) is 197 cm³/mol. The van der Waals surface area contributed by atoms with Crippen LogP contribution in [0.25, 0.3) is 0 Å². The van der Waals surface area contributed by atoms with Crippen LogP contribution in [0.4, 0.5) is 0 Å². The highest BCUT2D eigenvalue weighted by Gasteiger charge is 2.89. The molecule has 0 aliphatic heterocycles. The van der Waals surface area contributed by atoms with Gasteiger partial charge in [0.1, 0.15) is 18.3 Å². The molecule has 0 aromatic carbocycles. The second kappa shape index (κ2) is 11.1. The third-order valence-corrected chi connectivity index (χ3v) is 34.6. The lowest BCUT2D eigenvalue weighted by molar-refractivity contribution is 0.369. The van der Waals surface area contributed by atoms with Gasteiger partial charge in [-0.15, -0.1) is 0 Å². The van der Waals surface area contributed by atoms with Gasteiger partial charge in [-0.05, 0) is 0 Å². The summed E-state index contributed by atoms with van der Waals surface area (Å²) in [5.41, 5.74) is 0. The van der Waals surface area contributed by atoms with E-state index in [2.05, 4.69) is 303 Å². The Kier molecular flexibility index (Phi) is 13.8. The molecule has 1 fully saturated rings. The van der Waals surface area contributed by atoms with Crippen LogP contribution in [-0.4, -0.2) is 29.1 Å². The van der Waals surface area contributed by atoms with Crippen molar-refractivity contribution in [2.24, 2.45) is 0 Å². The minimum atomic E-state index is -1.02. The summed E-state index contributed by atoms with van der Waals surface area (Å²) in [4.78, 5) is 0.739. The summed E-state index contributed by atoms with van der Waals surface area (Å²) in [6.45, 7) is 0. The Bertz CT molecular complexity index is 635. The number of hydrogen-bond donors (Lipinski definition) is 0. The van der Waals surface area contributed by atoms with Gasteiger partial charge >= 0.3 is 0 Å². The van der Waals surface area contributed by atoms with E-state index in [9.17, 15) is 0 Å². The molecular weight excluding hydrogens is 1640 g/mol. The summed E-state index contributed by atoms with van der Waals surface area (Å²) in [6.07, 6.45) is 0. The maximum absolute atomic E-state index is 4.06. The third-order valence-electron chi connectivity index (χ3n) is 3.92. The third kappa shape index (κ3) is 5.28. The van der Waals surface area contributed by atoms with Crippen LogP contribution in [0.5, 0.6) is 0 Å². The lowest BCUT2D eigenvalue weighted by Crippen LogP contribution is -2.83. The largest absolute Gasteiger partial charge is 0.154 e. The SMILES string of the molecule is Br[C]1C(Br)(Br)C(Br)(C(Br)(Br)Br)C(Br)(Br)C(Br)(Br)C1(Br)C(Br)(C(Br)(Br)Br)C(Br)(Br)Br. The lowest BCUT2D eigenvalue weighted by atomic mass is 9.76. The van der Waals surface area contributed by atoms with E-state index in [4.69, 9.17) is 0 Å². The van der Waals surface area contributed by atoms with E-state index in [-0.39, 0.29) is 0 Å². The van der Waals surface area contributed by atoms with Crippen LogP contribution >= 0.6 is 303 Å². The normalized spacial score (nSPS) is 33.6. The highest BCUT2D eigenvalue weighted by atomic mass is 80.0. The Morgan fingerprint density at radius 2 is 0.828 bits per heavy atom. The molecule has 1 aliphatic rings. The van der Waals surface area contributed by atoms with E-state index >= 15 is 0 Å². The van der Waals surface area contributed by atoms with Gasteiger partial charge in [0, 0.05) is 0 Å². The minimum Gasteiger partial charge on any atom is -0.0794 e. The van der Waals surface area contributed by atoms with Crippen molar-refractivity contribution >= 4 is 303 Å². The molecular formula is C10Br19. The molecule has 0 spiro atoms. The molecule has 0 bridgehead atoms. The van der Waals surface area contributed by atoms with Crippen LogP contribution in [0.2, 0.25) is 0 Å². The maximum atomic E-state index is 4.06. The fourth-order valence-electron chi connectivity index (χ4n) is 2.41. The van der Waals surface area contributed by atoms with Crippen LogP contribution < -0.4 is 0 Å². The van der Waals surface area contributed by atoms with E-state index in [1.165, 1.54) is 0 Å². The van der Waals surface area contributed by atoms with Gasteiger partial charge in [0.2, 0.25) is 0 Å². The van der Waals surface area contributed by atoms with E-state index in [0.717, 1.165) is 4.83 Å². The molecule has 0 aromatic heterocycles. The average molecular weight is 1640 g/mol. The Balaban J connectivity index is 4.23. The van der Waals surface area contributed by atoms with Crippen molar-refractivity contribution in [2.45, 2.75) is 29.1 Å². The summed E-state index contributed by atoms with van der Waals surface area (Å²) >= 11 is 72.8. The Morgan fingerprint density at radius 1 is 0.517 bits per heavy atom. The maximum Gasteiger partial charge on any atom is 0.154 e. The summed E-state index contributed by atoms with van der Waals surface area (Å²) in [7, 11) is 0. The molecule has 2 unspecified atom stereocenters. The standard InChI is InChI=1S/C10Br19/c11-1-2(12,4(15,8(21,22)23)9(24,25)26)6(17,18)7(19,20)5(16,3(1,13)14)10(27,28)29. The predicted octanol–water partition coefficient (Wildman–Crippen LogP) is 14.3. The first-order valence-electron chi connectivity index (χ1n) is 6.09. The van der Waals surface area contributed by atoms with Gasteiger partial charge in [-0.2, -0.15) is 0 Å². The highest BCUT2D eigenvalue weighted by Crippen LogP contribution is 2.86. The van der Waals surface area contributed by atoms with Gasteiger partial charge in [-0.25, -0.2) is 0 Å². The second-order valence-electron chi connectivity index (χ2n) is 5.51. The van der Waals surface area contributed by atoms with Crippen LogP contribution in [0, 0.1) is 4.83 Å². The average Bonchev–Trinajstić information content (AvgIpc) is 2.46.